The first kappa shape index (κ1) is 18.6. The summed E-state index contributed by atoms with van der Waals surface area (Å²) in [5.41, 5.74) is 2.80. The molecule has 1 aromatic rings. The number of aryl methyl sites for hydroxylation is 1. The van der Waals surface area contributed by atoms with Gasteiger partial charge in [0.2, 0.25) is 11.7 Å². The third kappa shape index (κ3) is 3.95. The Balaban J connectivity index is 1.82. The highest BCUT2D eigenvalue weighted by Gasteiger charge is 2.42. The topological polar surface area (TPSA) is 59.1 Å². The second-order valence-electron chi connectivity index (χ2n) is 7.52. The van der Waals surface area contributed by atoms with E-state index < -0.39 is 5.54 Å². The van der Waals surface area contributed by atoms with Gasteiger partial charge in [0, 0.05) is 11.8 Å². The van der Waals surface area contributed by atoms with Crippen molar-refractivity contribution >= 4 is 11.7 Å². The van der Waals surface area contributed by atoms with Crippen LogP contribution >= 0.6 is 0 Å². The molecular formula is C22H28N2O2. The quantitative estimate of drug-likeness (QED) is 0.797. The average Bonchev–Trinajstić information content (AvgIpc) is 2.69. The second-order valence-corrected chi connectivity index (χ2v) is 7.52. The van der Waals surface area contributed by atoms with E-state index in [1.54, 1.807) is 12.3 Å². The van der Waals surface area contributed by atoms with E-state index in [9.17, 15) is 9.59 Å². The summed E-state index contributed by atoms with van der Waals surface area (Å²) in [6.07, 6.45) is 12.8. The number of hydrogen-bond donors (Lipinski definition) is 1. The van der Waals surface area contributed by atoms with Crippen molar-refractivity contribution in [2.45, 2.75) is 70.8 Å². The molecule has 0 bridgehead atoms. The largest absolute Gasteiger partial charge is 0.339 e. The van der Waals surface area contributed by atoms with E-state index in [2.05, 4.69) is 23.3 Å². The SMILES string of the molecule is CCC1=CC=C(C(=O)NC2(C(=O)c3ccc(C)cn3)CCCCC2)CC1. The number of carbonyl (C=O) groups is 2. The minimum atomic E-state index is -0.812. The predicted molar refractivity (Wildman–Crippen MR) is 103 cm³/mol. The molecule has 1 heterocycles. The first-order chi connectivity index (χ1) is 12.5. The molecule has 1 aromatic heterocycles. The van der Waals surface area contributed by atoms with E-state index in [4.69, 9.17) is 0 Å². The molecule has 3 rings (SSSR count). The Morgan fingerprint density at radius 2 is 1.88 bits per heavy atom. The molecule has 0 aliphatic heterocycles. The van der Waals surface area contributed by atoms with Gasteiger partial charge in [-0.3, -0.25) is 14.6 Å². The molecular weight excluding hydrogens is 324 g/mol. The van der Waals surface area contributed by atoms with Crippen molar-refractivity contribution in [3.8, 4) is 0 Å². The number of pyridine rings is 1. The Bertz CT molecular complexity index is 738. The van der Waals surface area contributed by atoms with Crippen LogP contribution in [0.1, 0.15) is 74.3 Å². The van der Waals surface area contributed by atoms with Crippen LogP contribution in [0.15, 0.2) is 41.6 Å². The van der Waals surface area contributed by atoms with Gasteiger partial charge in [0.15, 0.2) is 0 Å². The van der Waals surface area contributed by atoms with E-state index >= 15 is 0 Å². The molecule has 0 unspecified atom stereocenters. The first-order valence-electron chi connectivity index (χ1n) is 9.72. The number of allylic oxidation sites excluding steroid dienone is 3. The van der Waals surface area contributed by atoms with E-state index in [1.807, 2.05) is 19.1 Å². The highest BCUT2D eigenvalue weighted by atomic mass is 16.2. The number of amides is 1. The molecule has 0 saturated heterocycles. The number of nitrogens with one attached hydrogen (secondary N) is 1. The standard InChI is InChI=1S/C22H28N2O2/c1-3-17-8-10-18(11-9-17)21(26)24-22(13-5-4-6-14-22)20(25)19-12-7-16(2)15-23-19/h7-8,10,12,15H,3-6,9,11,13-14H2,1-2H3,(H,24,26). The summed E-state index contributed by atoms with van der Waals surface area (Å²) in [7, 11) is 0. The number of ketones is 1. The number of hydrogen-bond acceptors (Lipinski definition) is 3. The van der Waals surface area contributed by atoms with Gasteiger partial charge in [-0.2, -0.15) is 0 Å². The molecule has 4 heteroatoms. The Hall–Kier alpha value is -2.23. The fourth-order valence-corrected chi connectivity index (χ4v) is 3.87. The van der Waals surface area contributed by atoms with E-state index in [0.717, 1.165) is 49.7 Å². The van der Waals surface area contributed by atoms with Gasteiger partial charge in [-0.05, 0) is 50.7 Å². The lowest BCUT2D eigenvalue weighted by Gasteiger charge is -2.37. The minimum absolute atomic E-state index is 0.0493. The lowest BCUT2D eigenvalue weighted by Crippen LogP contribution is -2.56. The van der Waals surface area contributed by atoms with Crippen LogP contribution in [0, 0.1) is 6.92 Å². The van der Waals surface area contributed by atoms with Crippen molar-refractivity contribution in [2.75, 3.05) is 0 Å². The summed E-state index contributed by atoms with van der Waals surface area (Å²) < 4.78 is 0. The van der Waals surface area contributed by atoms with Crippen LogP contribution in [0.25, 0.3) is 0 Å². The van der Waals surface area contributed by atoms with Gasteiger partial charge in [0.05, 0.1) is 0 Å². The fraction of sp³-hybridized carbons (Fsp3) is 0.500. The first-order valence-corrected chi connectivity index (χ1v) is 9.72. The number of rotatable bonds is 5. The third-order valence-electron chi connectivity index (χ3n) is 5.62. The maximum atomic E-state index is 13.2. The van der Waals surface area contributed by atoms with E-state index in [1.165, 1.54) is 5.57 Å². The van der Waals surface area contributed by atoms with Crippen molar-refractivity contribution in [1.29, 1.82) is 0 Å². The molecule has 0 aromatic carbocycles. The number of nitrogens with zero attached hydrogens (tertiary/aromatic N) is 1. The van der Waals surface area contributed by atoms with Gasteiger partial charge in [-0.15, -0.1) is 0 Å². The van der Waals surface area contributed by atoms with Gasteiger partial charge in [0.1, 0.15) is 11.2 Å². The van der Waals surface area contributed by atoms with Crippen LogP contribution in [0.5, 0.6) is 0 Å². The summed E-state index contributed by atoms with van der Waals surface area (Å²) >= 11 is 0. The predicted octanol–water partition coefficient (Wildman–Crippen LogP) is 4.45. The van der Waals surface area contributed by atoms with Crippen LogP contribution in [0.4, 0.5) is 0 Å². The molecule has 0 spiro atoms. The van der Waals surface area contributed by atoms with E-state index in [0.29, 0.717) is 18.5 Å². The molecule has 0 atom stereocenters. The molecule has 4 nitrogen and oxygen atoms in total. The van der Waals surface area contributed by atoms with Gasteiger partial charge >= 0.3 is 0 Å². The van der Waals surface area contributed by atoms with Crippen molar-refractivity contribution < 1.29 is 9.59 Å². The molecule has 1 N–H and O–H groups in total. The maximum absolute atomic E-state index is 13.2. The second kappa shape index (κ2) is 7.98. The zero-order chi connectivity index (χ0) is 18.6. The van der Waals surface area contributed by atoms with Crippen molar-refractivity contribution in [3.05, 3.63) is 52.9 Å². The number of aromatic nitrogens is 1. The molecule has 0 radical (unpaired) electrons. The van der Waals surface area contributed by atoms with Crippen LogP contribution in [0.3, 0.4) is 0 Å². The van der Waals surface area contributed by atoms with Crippen LogP contribution in [-0.4, -0.2) is 22.2 Å². The van der Waals surface area contributed by atoms with Crippen LogP contribution < -0.4 is 5.32 Å². The average molecular weight is 352 g/mol. The monoisotopic (exact) mass is 352 g/mol. The van der Waals surface area contributed by atoms with Crippen molar-refractivity contribution in [3.63, 3.8) is 0 Å². The molecule has 2 aliphatic rings. The van der Waals surface area contributed by atoms with Crippen molar-refractivity contribution in [2.24, 2.45) is 0 Å². The highest BCUT2D eigenvalue weighted by Crippen LogP contribution is 2.32. The Labute approximate surface area is 155 Å². The molecule has 1 amide bonds. The summed E-state index contributed by atoms with van der Waals surface area (Å²) in [6, 6.07) is 3.68. The lowest BCUT2D eigenvalue weighted by molar-refractivity contribution is -0.119. The zero-order valence-electron chi connectivity index (χ0n) is 15.8. The van der Waals surface area contributed by atoms with Gasteiger partial charge in [-0.1, -0.05) is 50.0 Å². The van der Waals surface area contributed by atoms with E-state index in [-0.39, 0.29) is 11.7 Å². The summed E-state index contributed by atoms with van der Waals surface area (Å²) in [6.45, 7) is 4.09. The maximum Gasteiger partial charge on any atom is 0.248 e. The smallest absolute Gasteiger partial charge is 0.248 e. The fourth-order valence-electron chi connectivity index (χ4n) is 3.87. The Morgan fingerprint density at radius 1 is 1.12 bits per heavy atom. The van der Waals surface area contributed by atoms with Crippen LogP contribution in [0.2, 0.25) is 0 Å². The summed E-state index contributed by atoms with van der Waals surface area (Å²) in [5.74, 6) is -0.148. The minimum Gasteiger partial charge on any atom is -0.339 e. The molecule has 1 fully saturated rings. The number of Topliss-reactive ketones (excluding diaryl/α,β-unsaturated/α-hetero) is 1. The van der Waals surface area contributed by atoms with Gasteiger partial charge < -0.3 is 5.32 Å². The summed E-state index contributed by atoms with van der Waals surface area (Å²) in [5, 5.41) is 3.12. The number of carbonyl (C=O) groups excluding carboxylic acids is 2. The molecule has 26 heavy (non-hydrogen) atoms. The van der Waals surface area contributed by atoms with Gasteiger partial charge in [0.25, 0.3) is 0 Å². The Morgan fingerprint density at radius 3 is 2.46 bits per heavy atom. The molecule has 138 valence electrons. The summed E-state index contributed by atoms with van der Waals surface area (Å²) in [4.78, 5) is 30.4. The van der Waals surface area contributed by atoms with Gasteiger partial charge in [-0.25, -0.2) is 0 Å². The van der Waals surface area contributed by atoms with Crippen LogP contribution in [-0.2, 0) is 4.79 Å². The third-order valence-corrected chi connectivity index (χ3v) is 5.62. The molecule has 1 saturated carbocycles. The van der Waals surface area contributed by atoms with Crippen molar-refractivity contribution in [1.82, 2.24) is 10.3 Å². The lowest BCUT2D eigenvalue weighted by atomic mass is 9.77. The Kier molecular flexibility index (Phi) is 5.70. The normalized spacial score (nSPS) is 19.3. The zero-order valence-corrected chi connectivity index (χ0v) is 15.8. The molecule has 2 aliphatic carbocycles. The highest BCUT2D eigenvalue weighted by molar-refractivity contribution is 6.06.